The molecule has 2 nitrogen and oxygen atoms in total. The highest BCUT2D eigenvalue weighted by Gasteiger charge is 2.24. The Morgan fingerprint density at radius 1 is 1.32 bits per heavy atom. The quantitative estimate of drug-likeness (QED) is 0.859. The normalized spacial score (nSPS) is 24.6. The second-order valence-corrected chi connectivity index (χ2v) is 6.55. The maximum absolute atomic E-state index is 5.96. The molecule has 1 aliphatic heterocycles. The van der Waals surface area contributed by atoms with Crippen molar-refractivity contribution < 1.29 is 4.74 Å². The Morgan fingerprint density at radius 2 is 2.05 bits per heavy atom. The van der Waals surface area contributed by atoms with Gasteiger partial charge in [0.2, 0.25) is 0 Å². The molecule has 19 heavy (non-hydrogen) atoms. The minimum Gasteiger partial charge on any atom is -0.375 e. The minimum atomic E-state index is 0.452. The highest BCUT2D eigenvalue weighted by molar-refractivity contribution is 9.10. The molecule has 2 rings (SSSR count). The lowest BCUT2D eigenvalue weighted by Gasteiger charge is -2.21. The first-order valence-electron chi connectivity index (χ1n) is 7.22. The SMILES string of the molecule is CNCC(Cc1ccc(Br)cc1)CC1CCC(C)O1. The molecule has 1 aromatic carbocycles. The smallest absolute Gasteiger partial charge is 0.0583 e. The molecule has 1 N–H and O–H groups in total. The van der Waals surface area contributed by atoms with Gasteiger partial charge in [0.05, 0.1) is 12.2 Å². The Balaban J connectivity index is 1.90. The van der Waals surface area contributed by atoms with Gasteiger partial charge in [0.1, 0.15) is 0 Å². The Kier molecular flexibility index (Phi) is 5.86. The number of halogens is 1. The highest BCUT2D eigenvalue weighted by atomic mass is 79.9. The zero-order chi connectivity index (χ0) is 13.7. The van der Waals surface area contributed by atoms with Gasteiger partial charge in [0.15, 0.2) is 0 Å². The summed E-state index contributed by atoms with van der Waals surface area (Å²) in [5.41, 5.74) is 1.41. The summed E-state index contributed by atoms with van der Waals surface area (Å²) in [6.45, 7) is 3.24. The average Bonchev–Trinajstić information content (AvgIpc) is 2.78. The lowest BCUT2D eigenvalue weighted by Crippen LogP contribution is -2.25. The van der Waals surface area contributed by atoms with Crippen LogP contribution in [0.1, 0.15) is 31.7 Å². The average molecular weight is 326 g/mol. The third-order valence-electron chi connectivity index (χ3n) is 3.85. The van der Waals surface area contributed by atoms with Crippen LogP contribution in [0.25, 0.3) is 0 Å². The topological polar surface area (TPSA) is 21.3 Å². The fourth-order valence-electron chi connectivity index (χ4n) is 2.91. The maximum atomic E-state index is 5.96. The highest BCUT2D eigenvalue weighted by Crippen LogP contribution is 2.26. The van der Waals surface area contributed by atoms with Crippen LogP contribution >= 0.6 is 15.9 Å². The first kappa shape index (κ1) is 15.0. The molecule has 0 aliphatic carbocycles. The monoisotopic (exact) mass is 325 g/mol. The fraction of sp³-hybridized carbons (Fsp3) is 0.625. The Morgan fingerprint density at radius 3 is 2.63 bits per heavy atom. The standard InChI is InChI=1S/C16H24BrNO/c1-12-3-8-16(19-12)10-14(11-18-2)9-13-4-6-15(17)7-5-13/h4-7,12,14,16,18H,3,8-11H2,1-2H3. The van der Waals surface area contributed by atoms with Gasteiger partial charge >= 0.3 is 0 Å². The van der Waals surface area contributed by atoms with Crippen LogP contribution in [0.2, 0.25) is 0 Å². The molecular weight excluding hydrogens is 302 g/mol. The molecule has 3 heteroatoms. The molecule has 0 amide bonds. The van der Waals surface area contributed by atoms with Crippen LogP contribution < -0.4 is 5.32 Å². The van der Waals surface area contributed by atoms with E-state index < -0.39 is 0 Å². The Labute approximate surface area is 125 Å². The summed E-state index contributed by atoms with van der Waals surface area (Å²) in [5.74, 6) is 0.654. The first-order chi connectivity index (χ1) is 9.17. The van der Waals surface area contributed by atoms with Gasteiger partial charge in [0.25, 0.3) is 0 Å². The fourth-order valence-corrected chi connectivity index (χ4v) is 3.18. The van der Waals surface area contributed by atoms with Crippen LogP contribution in [0.4, 0.5) is 0 Å². The molecular formula is C16H24BrNO. The molecule has 0 aromatic heterocycles. The van der Waals surface area contributed by atoms with Crippen LogP contribution in [0.3, 0.4) is 0 Å². The lowest BCUT2D eigenvalue weighted by molar-refractivity contribution is 0.0409. The summed E-state index contributed by atoms with van der Waals surface area (Å²) in [6, 6.07) is 8.68. The zero-order valence-corrected chi connectivity index (χ0v) is 13.4. The van der Waals surface area contributed by atoms with E-state index in [1.54, 1.807) is 0 Å². The van der Waals surface area contributed by atoms with Crippen LogP contribution in [0.5, 0.6) is 0 Å². The van der Waals surface area contributed by atoms with Crippen molar-refractivity contribution in [1.29, 1.82) is 0 Å². The molecule has 0 spiro atoms. The van der Waals surface area contributed by atoms with Gasteiger partial charge in [-0.3, -0.25) is 0 Å². The second-order valence-electron chi connectivity index (χ2n) is 5.64. The van der Waals surface area contributed by atoms with Crippen LogP contribution in [0, 0.1) is 5.92 Å². The van der Waals surface area contributed by atoms with Crippen molar-refractivity contribution in [3.05, 3.63) is 34.3 Å². The molecule has 0 saturated carbocycles. The zero-order valence-electron chi connectivity index (χ0n) is 11.9. The van der Waals surface area contributed by atoms with E-state index in [4.69, 9.17) is 4.74 Å². The number of hydrogen-bond acceptors (Lipinski definition) is 2. The maximum Gasteiger partial charge on any atom is 0.0583 e. The molecule has 1 heterocycles. The van der Waals surface area contributed by atoms with Crippen LogP contribution in [-0.4, -0.2) is 25.8 Å². The summed E-state index contributed by atoms with van der Waals surface area (Å²) in [4.78, 5) is 0. The molecule has 0 radical (unpaired) electrons. The third-order valence-corrected chi connectivity index (χ3v) is 4.38. The largest absolute Gasteiger partial charge is 0.375 e. The van der Waals surface area contributed by atoms with Crippen molar-refractivity contribution in [3.8, 4) is 0 Å². The van der Waals surface area contributed by atoms with E-state index in [0.29, 0.717) is 18.1 Å². The van der Waals surface area contributed by atoms with Crippen LogP contribution in [-0.2, 0) is 11.2 Å². The molecule has 1 saturated heterocycles. The van der Waals surface area contributed by atoms with Crippen molar-refractivity contribution in [2.75, 3.05) is 13.6 Å². The van der Waals surface area contributed by atoms with E-state index in [0.717, 1.165) is 17.4 Å². The van der Waals surface area contributed by atoms with Gasteiger partial charge in [0, 0.05) is 4.47 Å². The van der Waals surface area contributed by atoms with E-state index in [1.165, 1.54) is 24.8 Å². The summed E-state index contributed by atoms with van der Waals surface area (Å²) in [5, 5.41) is 3.32. The van der Waals surface area contributed by atoms with E-state index in [1.807, 2.05) is 7.05 Å². The predicted octanol–water partition coefficient (Wildman–Crippen LogP) is 3.78. The minimum absolute atomic E-state index is 0.452. The molecule has 3 atom stereocenters. The number of ether oxygens (including phenoxy) is 1. The van der Waals surface area contributed by atoms with E-state index in [9.17, 15) is 0 Å². The summed E-state index contributed by atoms with van der Waals surface area (Å²) < 4.78 is 7.11. The second kappa shape index (κ2) is 7.41. The summed E-state index contributed by atoms with van der Waals surface area (Å²) in [7, 11) is 2.03. The lowest BCUT2D eigenvalue weighted by atomic mass is 9.92. The van der Waals surface area contributed by atoms with Crippen molar-refractivity contribution in [2.24, 2.45) is 5.92 Å². The molecule has 1 aliphatic rings. The van der Waals surface area contributed by atoms with Gasteiger partial charge in [-0.05, 0) is 69.8 Å². The molecule has 106 valence electrons. The van der Waals surface area contributed by atoms with Crippen molar-refractivity contribution in [1.82, 2.24) is 5.32 Å². The van der Waals surface area contributed by atoms with Gasteiger partial charge in [-0.25, -0.2) is 0 Å². The third kappa shape index (κ3) is 4.90. The number of hydrogen-bond donors (Lipinski definition) is 1. The van der Waals surface area contributed by atoms with Gasteiger partial charge in [-0.2, -0.15) is 0 Å². The summed E-state index contributed by atoms with van der Waals surface area (Å²) >= 11 is 3.49. The molecule has 3 unspecified atom stereocenters. The van der Waals surface area contributed by atoms with Crippen LogP contribution in [0.15, 0.2) is 28.7 Å². The Bertz CT molecular complexity index is 379. The number of benzene rings is 1. The van der Waals surface area contributed by atoms with Gasteiger partial charge in [-0.1, -0.05) is 28.1 Å². The van der Waals surface area contributed by atoms with Gasteiger partial charge < -0.3 is 10.1 Å². The van der Waals surface area contributed by atoms with E-state index in [-0.39, 0.29) is 0 Å². The predicted molar refractivity (Wildman–Crippen MR) is 83.4 cm³/mol. The van der Waals surface area contributed by atoms with Gasteiger partial charge in [-0.15, -0.1) is 0 Å². The van der Waals surface area contributed by atoms with E-state index >= 15 is 0 Å². The van der Waals surface area contributed by atoms with Crippen molar-refractivity contribution >= 4 is 15.9 Å². The van der Waals surface area contributed by atoms with Crippen molar-refractivity contribution in [2.45, 2.75) is 44.8 Å². The molecule has 1 fully saturated rings. The van der Waals surface area contributed by atoms with E-state index in [2.05, 4.69) is 52.4 Å². The first-order valence-corrected chi connectivity index (χ1v) is 8.01. The molecule has 1 aromatic rings. The number of rotatable bonds is 6. The Hall–Kier alpha value is -0.380. The number of nitrogens with one attached hydrogen (secondary N) is 1. The molecule has 0 bridgehead atoms. The summed E-state index contributed by atoms with van der Waals surface area (Å²) in [6.07, 6.45) is 5.65. The van der Waals surface area contributed by atoms with Crippen molar-refractivity contribution in [3.63, 3.8) is 0 Å².